The molecule has 1 rings (SSSR count). The molecule has 0 atom stereocenters. The summed E-state index contributed by atoms with van der Waals surface area (Å²) in [6.45, 7) is 0. The first-order chi connectivity index (χ1) is 7.29. The summed E-state index contributed by atoms with van der Waals surface area (Å²) in [5.74, 6) is 0. The lowest BCUT2D eigenvalue weighted by Gasteiger charge is -2.09. The molecule has 0 saturated carbocycles. The minimum absolute atomic E-state index is 0.204. The number of hydrogen-bond acceptors (Lipinski definition) is 4. The van der Waals surface area contributed by atoms with Gasteiger partial charge in [-0.2, -0.15) is 5.26 Å². The van der Waals surface area contributed by atoms with E-state index in [1.165, 1.54) is 6.07 Å². The molecule has 16 heavy (non-hydrogen) atoms. The summed E-state index contributed by atoms with van der Waals surface area (Å²) in [5.41, 5.74) is -1.65. The molecule has 1 aromatic rings. The molecule has 0 aliphatic heterocycles. The van der Waals surface area contributed by atoms with E-state index in [-0.39, 0.29) is 4.47 Å². The molecule has 86 valence electrons. The van der Waals surface area contributed by atoms with Gasteiger partial charge in [0, 0.05) is 6.20 Å². The van der Waals surface area contributed by atoms with E-state index in [9.17, 15) is 17.2 Å². The average Bonchev–Trinajstić information content (AvgIpc) is 2.15. The van der Waals surface area contributed by atoms with Gasteiger partial charge in [0.25, 0.3) is 6.43 Å². The Labute approximate surface area is 98.1 Å². The first-order valence-corrected chi connectivity index (χ1v) is 6.02. The summed E-state index contributed by atoms with van der Waals surface area (Å²) in [5, 5.41) is 13.3. The van der Waals surface area contributed by atoms with Crippen LogP contribution >= 0.6 is 15.9 Å². The number of sulfonamides is 1. The van der Waals surface area contributed by atoms with Gasteiger partial charge in [-0.1, -0.05) is 0 Å². The quantitative estimate of drug-likeness (QED) is 0.890. The Hall–Kier alpha value is -1.11. The summed E-state index contributed by atoms with van der Waals surface area (Å²) < 4.78 is 47.4. The van der Waals surface area contributed by atoms with Gasteiger partial charge in [-0.05, 0) is 15.9 Å². The molecule has 0 aliphatic rings. The van der Waals surface area contributed by atoms with Crippen LogP contribution in [0.2, 0.25) is 0 Å². The molecule has 2 N–H and O–H groups in total. The van der Waals surface area contributed by atoms with Crippen LogP contribution in [-0.2, 0) is 10.0 Å². The Balaban J connectivity index is 3.78. The summed E-state index contributed by atoms with van der Waals surface area (Å²) in [4.78, 5) is 2.57. The second-order valence-corrected chi connectivity index (χ2v) is 5.01. The molecule has 0 aliphatic carbocycles. The van der Waals surface area contributed by atoms with Crippen molar-refractivity contribution < 1.29 is 17.2 Å². The zero-order valence-corrected chi connectivity index (χ0v) is 9.89. The van der Waals surface area contributed by atoms with Crippen molar-refractivity contribution in [2.45, 2.75) is 11.3 Å². The van der Waals surface area contributed by atoms with Gasteiger partial charge in [0.15, 0.2) is 5.69 Å². The van der Waals surface area contributed by atoms with E-state index in [0.717, 1.165) is 6.20 Å². The lowest BCUT2D eigenvalue weighted by Crippen LogP contribution is -2.17. The first-order valence-electron chi connectivity index (χ1n) is 3.68. The minimum atomic E-state index is -4.36. The van der Waals surface area contributed by atoms with Gasteiger partial charge in [-0.3, -0.25) is 0 Å². The van der Waals surface area contributed by atoms with Crippen LogP contribution < -0.4 is 5.14 Å². The van der Waals surface area contributed by atoms with Crippen molar-refractivity contribution in [1.82, 2.24) is 4.98 Å². The van der Waals surface area contributed by atoms with Crippen LogP contribution in [-0.4, -0.2) is 13.4 Å². The van der Waals surface area contributed by atoms with Gasteiger partial charge in [0.05, 0.1) is 10.0 Å². The fourth-order valence-electron chi connectivity index (χ4n) is 1.07. The number of primary sulfonamides is 1. The predicted octanol–water partition coefficient (Wildman–Crippen LogP) is 1.30. The fourth-order valence-corrected chi connectivity index (χ4v) is 2.88. The van der Waals surface area contributed by atoms with Crippen molar-refractivity contribution in [3.63, 3.8) is 0 Å². The lowest BCUT2D eigenvalue weighted by molar-refractivity contribution is 0.147. The first kappa shape index (κ1) is 13.0. The summed E-state index contributed by atoms with van der Waals surface area (Å²) in [6, 6.07) is 1.38. The maximum Gasteiger partial charge on any atom is 0.268 e. The number of nitriles is 1. The Morgan fingerprint density at radius 2 is 2.12 bits per heavy atom. The number of hydrogen-bond donors (Lipinski definition) is 1. The monoisotopic (exact) mass is 311 g/mol. The highest BCUT2D eigenvalue weighted by molar-refractivity contribution is 9.10. The second kappa shape index (κ2) is 4.40. The van der Waals surface area contributed by atoms with Crippen molar-refractivity contribution >= 4 is 26.0 Å². The molecule has 9 heteroatoms. The van der Waals surface area contributed by atoms with Crippen LogP contribution in [0.5, 0.6) is 0 Å². The van der Waals surface area contributed by atoms with Crippen molar-refractivity contribution in [2.75, 3.05) is 0 Å². The molecule has 0 saturated heterocycles. The second-order valence-electron chi connectivity index (χ2n) is 2.66. The summed E-state index contributed by atoms with van der Waals surface area (Å²) >= 11 is 2.75. The molecule has 0 aromatic carbocycles. The SMILES string of the molecule is N#Cc1ncc(Br)c(S(N)(=O)=O)c1C(F)F. The lowest BCUT2D eigenvalue weighted by atomic mass is 10.2. The molecule has 0 unspecified atom stereocenters. The summed E-state index contributed by atoms with van der Waals surface area (Å²) in [7, 11) is -4.36. The standard InChI is InChI=1S/C7H4BrF2N3O2S/c8-3-2-13-4(1-11)5(7(9)10)6(3)16(12,14)15/h2,7H,(H2,12,14,15). The number of nitrogens with two attached hydrogens (primary N) is 1. The van der Waals surface area contributed by atoms with Gasteiger partial charge in [0.2, 0.25) is 10.0 Å². The van der Waals surface area contributed by atoms with Gasteiger partial charge in [0.1, 0.15) is 11.0 Å². The number of aromatic nitrogens is 1. The maximum absolute atomic E-state index is 12.7. The summed E-state index contributed by atoms with van der Waals surface area (Å²) in [6.07, 6.45) is -2.22. The minimum Gasteiger partial charge on any atom is -0.244 e. The highest BCUT2D eigenvalue weighted by atomic mass is 79.9. The zero-order chi connectivity index (χ0) is 12.5. The predicted molar refractivity (Wildman–Crippen MR) is 53.0 cm³/mol. The fraction of sp³-hybridized carbons (Fsp3) is 0.143. The van der Waals surface area contributed by atoms with E-state index in [4.69, 9.17) is 10.4 Å². The number of nitrogens with zero attached hydrogens (tertiary/aromatic N) is 2. The van der Waals surface area contributed by atoms with E-state index < -0.39 is 32.6 Å². The largest absolute Gasteiger partial charge is 0.268 e. The van der Waals surface area contributed by atoms with Gasteiger partial charge >= 0.3 is 0 Å². The van der Waals surface area contributed by atoms with Crippen LogP contribution in [0.15, 0.2) is 15.6 Å². The highest BCUT2D eigenvalue weighted by Gasteiger charge is 2.27. The number of alkyl halides is 2. The van der Waals surface area contributed by atoms with Gasteiger partial charge in [-0.25, -0.2) is 27.3 Å². The molecule has 0 spiro atoms. The molecular formula is C7H4BrF2N3O2S. The van der Waals surface area contributed by atoms with Crippen LogP contribution in [0.3, 0.4) is 0 Å². The molecule has 0 radical (unpaired) electrons. The molecule has 0 amide bonds. The number of pyridine rings is 1. The molecule has 5 nitrogen and oxygen atoms in total. The molecule has 1 heterocycles. The molecule has 0 fully saturated rings. The van der Waals surface area contributed by atoms with Crippen LogP contribution in [0.1, 0.15) is 17.7 Å². The van der Waals surface area contributed by atoms with E-state index in [1.54, 1.807) is 0 Å². The average molecular weight is 312 g/mol. The van der Waals surface area contributed by atoms with Gasteiger partial charge < -0.3 is 0 Å². The van der Waals surface area contributed by atoms with Crippen molar-refractivity contribution in [1.29, 1.82) is 5.26 Å². The Kier molecular flexibility index (Phi) is 3.57. The smallest absolute Gasteiger partial charge is 0.244 e. The third-order valence-corrected chi connectivity index (χ3v) is 3.50. The Morgan fingerprint density at radius 1 is 1.56 bits per heavy atom. The highest BCUT2D eigenvalue weighted by Crippen LogP contribution is 2.32. The van der Waals surface area contributed by atoms with Crippen molar-refractivity contribution in [3.05, 3.63) is 21.9 Å². The van der Waals surface area contributed by atoms with Crippen molar-refractivity contribution in [2.24, 2.45) is 5.14 Å². The van der Waals surface area contributed by atoms with Crippen LogP contribution in [0.25, 0.3) is 0 Å². The molecule has 1 aromatic heterocycles. The molecule has 0 bridgehead atoms. The van der Waals surface area contributed by atoms with Crippen LogP contribution in [0, 0.1) is 11.3 Å². The van der Waals surface area contributed by atoms with Crippen molar-refractivity contribution in [3.8, 4) is 6.07 Å². The third-order valence-electron chi connectivity index (χ3n) is 1.63. The van der Waals surface area contributed by atoms with E-state index in [1.807, 2.05) is 0 Å². The van der Waals surface area contributed by atoms with E-state index >= 15 is 0 Å². The van der Waals surface area contributed by atoms with E-state index in [2.05, 4.69) is 20.9 Å². The normalized spacial score (nSPS) is 11.5. The third kappa shape index (κ3) is 2.34. The van der Waals surface area contributed by atoms with Gasteiger partial charge in [-0.15, -0.1) is 0 Å². The van der Waals surface area contributed by atoms with E-state index in [0.29, 0.717) is 0 Å². The maximum atomic E-state index is 12.7. The Bertz CT molecular complexity index is 568. The number of rotatable bonds is 2. The van der Waals surface area contributed by atoms with Crippen LogP contribution in [0.4, 0.5) is 8.78 Å². The Morgan fingerprint density at radius 3 is 2.50 bits per heavy atom. The molecular weight excluding hydrogens is 308 g/mol. The zero-order valence-electron chi connectivity index (χ0n) is 7.49. The number of halogens is 3. The topological polar surface area (TPSA) is 96.8 Å².